The number of carboxylic acids is 1. The van der Waals surface area contributed by atoms with E-state index < -0.39 is 28.4 Å². The molecule has 0 bridgehead atoms. The Morgan fingerprint density at radius 2 is 1.87 bits per heavy atom. The van der Waals surface area contributed by atoms with E-state index in [1.807, 2.05) is 12.1 Å². The highest BCUT2D eigenvalue weighted by Gasteiger charge is 2.16. The van der Waals surface area contributed by atoms with Gasteiger partial charge in [0.1, 0.15) is 6.42 Å². The molecule has 168 valence electrons. The summed E-state index contributed by atoms with van der Waals surface area (Å²) >= 11 is 5.79. The zero-order valence-electron chi connectivity index (χ0n) is 16.9. The lowest BCUT2D eigenvalue weighted by atomic mass is 9.92. The minimum atomic E-state index is -3.59. The third-order valence-corrected chi connectivity index (χ3v) is 6.31. The van der Waals surface area contributed by atoms with Crippen molar-refractivity contribution in [1.82, 2.24) is 9.71 Å². The molecular weight excluding hydrogens is 444 g/mol. The van der Waals surface area contributed by atoms with Crippen LogP contribution in [-0.4, -0.2) is 43.6 Å². The van der Waals surface area contributed by atoms with Crippen LogP contribution in [0.15, 0.2) is 53.7 Å². The van der Waals surface area contributed by atoms with Gasteiger partial charge in [-0.15, -0.1) is 0 Å². The van der Waals surface area contributed by atoms with Crippen LogP contribution in [-0.2, 0) is 24.3 Å². The van der Waals surface area contributed by atoms with Gasteiger partial charge >= 0.3 is 11.9 Å². The molecule has 0 radical (unpaired) electrons. The molecule has 2 N–H and O–H groups in total. The van der Waals surface area contributed by atoms with E-state index in [2.05, 4.69) is 9.71 Å². The van der Waals surface area contributed by atoms with Crippen LogP contribution in [0.25, 0.3) is 0 Å². The molecule has 8 nitrogen and oxygen atoms in total. The third-order valence-electron chi connectivity index (χ3n) is 4.58. The van der Waals surface area contributed by atoms with Gasteiger partial charge in [-0.25, -0.2) is 13.1 Å². The van der Waals surface area contributed by atoms with Crippen molar-refractivity contribution in [2.45, 2.75) is 42.9 Å². The number of benzene rings is 1. The van der Waals surface area contributed by atoms with Gasteiger partial charge < -0.3 is 9.84 Å². The van der Waals surface area contributed by atoms with Crippen LogP contribution in [0.5, 0.6) is 0 Å². The molecule has 1 aromatic heterocycles. The van der Waals surface area contributed by atoms with Crippen LogP contribution in [0.2, 0.25) is 5.02 Å². The minimum Gasteiger partial charge on any atom is -0.481 e. The van der Waals surface area contributed by atoms with Gasteiger partial charge in [0, 0.05) is 24.0 Å². The molecule has 1 heterocycles. The highest BCUT2D eigenvalue weighted by atomic mass is 35.5. The number of sulfonamides is 1. The maximum absolute atomic E-state index is 12.3. The molecule has 0 aliphatic carbocycles. The quantitative estimate of drug-likeness (QED) is 0.262. The van der Waals surface area contributed by atoms with Gasteiger partial charge in [0.25, 0.3) is 0 Å². The Balaban J connectivity index is 1.81. The number of carboxylic acid groups (broad SMARTS) is 1. The second-order valence-corrected chi connectivity index (χ2v) is 9.11. The summed E-state index contributed by atoms with van der Waals surface area (Å²) in [6.45, 7) is 0.396. The number of hydrogen-bond donors (Lipinski definition) is 2. The molecule has 0 fully saturated rings. The predicted molar refractivity (Wildman–Crippen MR) is 115 cm³/mol. The summed E-state index contributed by atoms with van der Waals surface area (Å²) in [6.07, 6.45) is 5.38. The van der Waals surface area contributed by atoms with Crippen molar-refractivity contribution in [3.8, 4) is 0 Å². The Kier molecular flexibility index (Phi) is 9.90. The molecule has 31 heavy (non-hydrogen) atoms. The number of carbonyl (C=O) groups is 2. The number of aromatic nitrogens is 1. The monoisotopic (exact) mass is 468 g/mol. The normalized spacial score (nSPS) is 12.3. The number of hydrogen-bond acceptors (Lipinski definition) is 6. The van der Waals surface area contributed by atoms with Gasteiger partial charge in [-0.3, -0.25) is 14.6 Å². The fourth-order valence-corrected chi connectivity index (χ4v) is 4.20. The number of pyridine rings is 1. The first-order chi connectivity index (χ1) is 14.8. The fraction of sp³-hybridized carbons (Fsp3) is 0.381. The van der Waals surface area contributed by atoms with Gasteiger partial charge in [-0.2, -0.15) is 0 Å². The third kappa shape index (κ3) is 9.04. The standard InChI is InChI=1S/C21H25ClN2O6S/c22-18-6-8-19(9-7-18)31(28,29)24-12-2-1-4-16(17-5-3-11-23-15-17)10-13-30-21(27)14-20(25)26/h3,5-9,11,15-16,24H,1-2,4,10,12-14H2,(H,25,26). The number of halogens is 1. The first-order valence-corrected chi connectivity index (χ1v) is 11.7. The van der Waals surface area contributed by atoms with E-state index in [0.29, 0.717) is 17.9 Å². The van der Waals surface area contributed by atoms with E-state index >= 15 is 0 Å². The Hall–Kier alpha value is -2.49. The number of nitrogens with zero attached hydrogens (tertiary/aromatic N) is 1. The molecule has 1 atom stereocenters. The molecule has 1 unspecified atom stereocenters. The molecule has 1 aromatic carbocycles. The van der Waals surface area contributed by atoms with Crippen molar-refractivity contribution in [2.75, 3.05) is 13.2 Å². The summed E-state index contributed by atoms with van der Waals surface area (Å²) in [4.78, 5) is 26.2. The zero-order valence-corrected chi connectivity index (χ0v) is 18.4. The second-order valence-electron chi connectivity index (χ2n) is 6.91. The maximum Gasteiger partial charge on any atom is 0.317 e. The van der Waals surface area contributed by atoms with E-state index in [9.17, 15) is 18.0 Å². The van der Waals surface area contributed by atoms with E-state index in [1.165, 1.54) is 24.3 Å². The van der Waals surface area contributed by atoms with Crippen LogP contribution in [0.1, 0.15) is 43.6 Å². The average molecular weight is 469 g/mol. The lowest BCUT2D eigenvalue weighted by Gasteiger charge is -2.17. The Morgan fingerprint density at radius 1 is 1.13 bits per heavy atom. The topological polar surface area (TPSA) is 123 Å². The summed E-state index contributed by atoms with van der Waals surface area (Å²) in [5, 5.41) is 9.08. The number of esters is 1. The number of carbonyl (C=O) groups excluding carboxylic acids is 1. The van der Waals surface area contributed by atoms with Crippen LogP contribution < -0.4 is 4.72 Å². The van der Waals surface area contributed by atoms with Gasteiger partial charge in [0.05, 0.1) is 11.5 Å². The molecule has 0 amide bonds. The van der Waals surface area contributed by atoms with Crippen molar-refractivity contribution >= 4 is 33.6 Å². The lowest BCUT2D eigenvalue weighted by molar-refractivity contribution is -0.151. The first-order valence-electron chi connectivity index (χ1n) is 9.80. The van der Waals surface area contributed by atoms with Crippen LogP contribution in [0, 0.1) is 0 Å². The van der Waals surface area contributed by atoms with Crippen molar-refractivity contribution in [1.29, 1.82) is 0 Å². The predicted octanol–water partition coefficient (Wildman–Crippen LogP) is 3.38. The summed E-state index contributed by atoms with van der Waals surface area (Å²) in [5.41, 5.74) is 0.985. The van der Waals surface area contributed by atoms with Crippen molar-refractivity contribution in [3.05, 3.63) is 59.4 Å². The van der Waals surface area contributed by atoms with Crippen LogP contribution in [0.3, 0.4) is 0 Å². The summed E-state index contributed by atoms with van der Waals surface area (Å²) < 4.78 is 32.2. The SMILES string of the molecule is O=C(O)CC(=O)OCCC(CCCCNS(=O)(=O)c1ccc(Cl)cc1)c1cccnc1. The maximum atomic E-state index is 12.3. The number of unbranched alkanes of at least 4 members (excludes halogenated alkanes) is 1. The van der Waals surface area contributed by atoms with Crippen LogP contribution >= 0.6 is 11.6 Å². The number of aliphatic carboxylic acids is 1. The molecule has 10 heteroatoms. The molecule has 2 rings (SSSR count). The number of nitrogens with one attached hydrogen (secondary N) is 1. The van der Waals surface area contributed by atoms with Crippen molar-refractivity contribution < 1.29 is 27.9 Å². The molecule has 0 aliphatic heterocycles. The first kappa shape index (κ1) is 24.8. The molecule has 0 saturated heterocycles. The van der Waals surface area contributed by atoms with Crippen molar-refractivity contribution in [3.63, 3.8) is 0 Å². The Labute approximate surface area is 186 Å². The van der Waals surface area contributed by atoms with Gasteiger partial charge in [-0.1, -0.05) is 24.1 Å². The second kappa shape index (κ2) is 12.4. The molecule has 2 aromatic rings. The molecule has 0 aliphatic rings. The average Bonchev–Trinajstić information content (AvgIpc) is 2.72. The molecule has 0 spiro atoms. The summed E-state index contributed by atoms with van der Waals surface area (Å²) in [7, 11) is -3.59. The Morgan fingerprint density at radius 3 is 2.52 bits per heavy atom. The highest BCUT2D eigenvalue weighted by Crippen LogP contribution is 2.25. The van der Waals surface area contributed by atoms with Gasteiger partial charge in [0.15, 0.2) is 0 Å². The highest BCUT2D eigenvalue weighted by molar-refractivity contribution is 7.89. The molecular formula is C21H25ClN2O6S. The van der Waals surface area contributed by atoms with E-state index in [4.69, 9.17) is 21.4 Å². The van der Waals surface area contributed by atoms with E-state index in [1.54, 1.807) is 12.4 Å². The minimum absolute atomic E-state index is 0.0548. The van der Waals surface area contributed by atoms with E-state index in [0.717, 1.165) is 18.4 Å². The summed E-state index contributed by atoms with van der Waals surface area (Å²) in [6, 6.07) is 9.71. The van der Waals surface area contributed by atoms with E-state index in [-0.39, 0.29) is 24.0 Å². The van der Waals surface area contributed by atoms with Gasteiger partial charge in [-0.05, 0) is 61.1 Å². The van der Waals surface area contributed by atoms with Crippen LogP contribution in [0.4, 0.5) is 0 Å². The number of rotatable bonds is 13. The molecule has 0 saturated carbocycles. The Bertz CT molecular complexity index is 952. The fourth-order valence-electron chi connectivity index (χ4n) is 3.00. The van der Waals surface area contributed by atoms with Crippen molar-refractivity contribution in [2.24, 2.45) is 0 Å². The zero-order chi connectivity index (χ0) is 22.7. The number of ether oxygens (including phenoxy) is 1. The summed E-state index contributed by atoms with van der Waals surface area (Å²) in [5.74, 6) is -1.94. The largest absolute Gasteiger partial charge is 0.481 e. The lowest BCUT2D eigenvalue weighted by Crippen LogP contribution is -2.24. The van der Waals surface area contributed by atoms with Gasteiger partial charge in [0.2, 0.25) is 10.0 Å². The smallest absolute Gasteiger partial charge is 0.317 e.